The van der Waals surface area contributed by atoms with Crippen LogP contribution in [0.15, 0.2) is 47.9 Å². The molecule has 1 unspecified atom stereocenters. The van der Waals surface area contributed by atoms with Crippen molar-refractivity contribution in [3.8, 4) is 23.4 Å². The molecule has 1 atom stereocenters. The van der Waals surface area contributed by atoms with Gasteiger partial charge in [0.2, 0.25) is 11.8 Å². The zero-order chi connectivity index (χ0) is 23.5. The molecular formula is C23H20Cl2N4O4. The van der Waals surface area contributed by atoms with Crippen LogP contribution in [0.3, 0.4) is 0 Å². The van der Waals surface area contributed by atoms with Crippen molar-refractivity contribution in [3.05, 3.63) is 80.3 Å². The molecule has 1 aliphatic heterocycles. The highest BCUT2D eigenvalue weighted by atomic mass is 35.5. The van der Waals surface area contributed by atoms with Crippen LogP contribution in [0, 0.1) is 11.3 Å². The highest BCUT2D eigenvalue weighted by molar-refractivity contribution is 6.42. The fourth-order valence-electron chi connectivity index (χ4n) is 3.67. The van der Waals surface area contributed by atoms with Gasteiger partial charge in [-0.25, -0.2) is 0 Å². The smallest absolute Gasteiger partial charge is 0.244 e. The van der Waals surface area contributed by atoms with Crippen molar-refractivity contribution in [1.29, 1.82) is 5.26 Å². The number of hydrogen-bond donors (Lipinski definition) is 2. The van der Waals surface area contributed by atoms with Gasteiger partial charge in [-0.15, -0.1) is 5.10 Å². The molecule has 1 aliphatic rings. The first-order valence-electron chi connectivity index (χ1n) is 9.85. The third kappa shape index (κ3) is 4.44. The normalized spacial score (nSPS) is 14.9. The third-order valence-corrected chi connectivity index (χ3v) is 5.94. The largest absolute Gasteiger partial charge is 0.493 e. The zero-order valence-electron chi connectivity index (χ0n) is 17.8. The Labute approximate surface area is 200 Å². The number of aromatic amines is 1. The highest BCUT2D eigenvalue weighted by Crippen LogP contribution is 2.44. The number of nitrogens with zero attached hydrogens (tertiary/aromatic N) is 2. The van der Waals surface area contributed by atoms with Crippen LogP contribution < -0.4 is 19.9 Å². The molecule has 0 saturated carbocycles. The summed E-state index contributed by atoms with van der Waals surface area (Å²) >= 11 is 12.1. The second kappa shape index (κ2) is 9.63. The topological polar surface area (TPSA) is 115 Å². The number of nitrogens with two attached hydrogens (primary N) is 1. The molecule has 2 aromatic carbocycles. The minimum absolute atomic E-state index is 0.00405. The molecule has 0 amide bonds. The average Bonchev–Trinajstić information content (AvgIpc) is 3.21. The van der Waals surface area contributed by atoms with Gasteiger partial charge in [-0.2, -0.15) is 5.26 Å². The Bertz CT molecular complexity index is 1270. The van der Waals surface area contributed by atoms with E-state index in [1.807, 2.05) is 12.1 Å². The number of fused-ring (bicyclic) bond motifs is 1. The summed E-state index contributed by atoms with van der Waals surface area (Å²) in [6.45, 7) is 0.535. The molecule has 1 aromatic heterocycles. The molecule has 0 fully saturated rings. The maximum absolute atomic E-state index is 9.80. The van der Waals surface area contributed by atoms with E-state index in [2.05, 4.69) is 16.3 Å². The van der Waals surface area contributed by atoms with Gasteiger partial charge in [0.1, 0.15) is 18.2 Å². The molecule has 0 saturated heterocycles. The number of allylic oxidation sites excluding steroid dienone is 1. The maximum atomic E-state index is 9.80. The first-order valence-corrected chi connectivity index (χ1v) is 10.6. The van der Waals surface area contributed by atoms with Gasteiger partial charge in [-0.1, -0.05) is 35.3 Å². The summed E-state index contributed by atoms with van der Waals surface area (Å²) in [5.74, 6) is 0.820. The second-order valence-electron chi connectivity index (χ2n) is 7.23. The number of halogens is 2. The van der Waals surface area contributed by atoms with Gasteiger partial charge in [0, 0.05) is 7.11 Å². The fourth-order valence-corrected chi connectivity index (χ4v) is 3.99. The van der Waals surface area contributed by atoms with Crippen LogP contribution in [0.4, 0.5) is 0 Å². The first-order chi connectivity index (χ1) is 16.0. The van der Waals surface area contributed by atoms with Gasteiger partial charge in [-0.05, 0) is 35.4 Å². The Morgan fingerprint density at radius 1 is 1.12 bits per heavy atom. The van der Waals surface area contributed by atoms with Crippen LogP contribution in [-0.2, 0) is 18.0 Å². The Balaban J connectivity index is 1.69. The predicted octanol–water partition coefficient (Wildman–Crippen LogP) is 4.67. The number of rotatable bonds is 7. The van der Waals surface area contributed by atoms with Crippen LogP contribution in [0.25, 0.3) is 0 Å². The average molecular weight is 487 g/mol. The molecular weight excluding hydrogens is 467 g/mol. The molecule has 33 heavy (non-hydrogen) atoms. The summed E-state index contributed by atoms with van der Waals surface area (Å²) < 4.78 is 22.3. The van der Waals surface area contributed by atoms with Crippen molar-refractivity contribution in [1.82, 2.24) is 10.2 Å². The minimum Gasteiger partial charge on any atom is -0.493 e. The predicted molar refractivity (Wildman–Crippen MR) is 122 cm³/mol. The van der Waals surface area contributed by atoms with Crippen molar-refractivity contribution in [2.45, 2.75) is 19.1 Å². The summed E-state index contributed by atoms with van der Waals surface area (Å²) in [4.78, 5) is 0. The van der Waals surface area contributed by atoms with E-state index < -0.39 is 5.92 Å². The van der Waals surface area contributed by atoms with E-state index in [9.17, 15) is 5.26 Å². The molecule has 2 heterocycles. The van der Waals surface area contributed by atoms with Crippen molar-refractivity contribution in [2.75, 3.05) is 14.2 Å². The van der Waals surface area contributed by atoms with Crippen LogP contribution >= 0.6 is 23.2 Å². The molecule has 4 rings (SSSR count). The molecule has 8 nitrogen and oxygen atoms in total. The molecule has 170 valence electrons. The number of hydrogen-bond acceptors (Lipinski definition) is 7. The first kappa shape index (κ1) is 22.8. The summed E-state index contributed by atoms with van der Waals surface area (Å²) in [6, 6.07) is 12.9. The van der Waals surface area contributed by atoms with Crippen molar-refractivity contribution in [3.63, 3.8) is 0 Å². The van der Waals surface area contributed by atoms with E-state index >= 15 is 0 Å². The van der Waals surface area contributed by atoms with Crippen molar-refractivity contribution < 1.29 is 18.9 Å². The summed E-state index contributed by atoms with van der Waals surface area (Å²) in [6.07, 6.45) is 0. The summed E-state index contributed by atoms with van der Waals surface area (Å²) in [5.41, 5.74) is 9.29. The Morgan fingerprint density at radius 3 is 2.64 bits per heavy atom. The van der Waals surface area contributed by atoms with Crippen LogP contribution in [0.2, 0.25) is 10.0 Å². The third-order valence-electron chi connectivity index (χ3n) is 5.21. The number of nitrogens with one attached hydrogen (secondary N) is 1. The Hall–Kier alpha value is -3.38. The lowest BCUT2D eigenvalue weighted by atomic mass is 9.84. The zero-order valence-corrected chi connectivity index (χ0v) is 19.3. The lowest BCUT2D eigenvalue weighted by Crippen LogP contribution is -2.21. The summed E-state index contributed by atoms with van der Waals surface area (Å²) in [5, 5.41) is 17.8. The van der Waals surface area contributed by atoms with E-state index in [1.54, 1.807) is 38.5 Å². The number of nitriles is 1. The molecule has 0 aliphatic carbocycles. The number of ether oxygens (including phenoxy) is 4. The molecule has 10 heteroatoms. The van der Waals surface area contributed by atoms with Crippen molar-refractivity contribution >= 4 is 23.2 Å². The van der Waals surface area contributed by atoms with E-state index in [1.165, 1.54) is 0 Å². The number of benzene rings is 2. The van der Waals surface area contributed by atoms with Gasteiger partial charge >= 0.3 is 0 Å². The SMILES string of the molecule is COCc1[nH]nc2c1C(c1ccc(OCc3ccc(Cl)c(Cl)c3)c(OC)c1)C(C#N)=C(N)O2. The minimum atomic E-state index is -0.513. The van der Waals surface area contributed by atoms with Gasteiger partial charge in [-0.3, -0.25) is 5.10 Å². The highest BCUT2D eigenvalue weighted by Gasteiger charge is 2.35. The molecule has 3 N–H and O–H groups in total. The van der Waals surface area contributed by atoms with E-state index in [0.29, 0.717) is 38.7 Å². The second-order valence-corrected chi connectivity index (χ2v) is 8.04. The molecule has 0 radical (unpaired) electrons. The Kier molecular flexibility index (Phi) is 6.65. The Morgan fingerprint density at radius 2 is 1.94 bits per heavy atom. The van der Waals surface area contributed by atoms with Crippen LogP contribution in [0.5, 0.6) is 17.4 Å². The van der Waals surface area contributed by atoms with Crippen molar-refractivity contribution in [2.24, 2.45) is 5.73 Å². The van der Waals surface area contributed by atoms with E-state index in [4.69, 9.17) is 47.9 Å². The lowest BCUT2D eigenvalue weighted by molar-refractivity contribution is 0.180. The molecule has 0 spiro atoms. The summed E-state index contributed by atoms with van der Waals surface area (Å²) in [7, 11) is 3.12. The lowest BCUT2D eigenvalue weighted by Gasteiger charge is -2.24. The van der Waals surface area contributed by atoms with Gasteiger partial charge in [0.25, 0.3) is 0 Å². The number of H-pyrrole nitrogens is 1. The standard InChI is InChI=1S/C23H20Cl2N4O4/c1-30-11-17-21-20(14(9-26)22(27)33-23(21)29-28-17)13-4-6-18(19(8-13)31-2)32-10-12-3-5-15(24)16(25)7-12/h3-8,20H,10-11,27H2,1-2H3,(H,28,29). The number of aromatic nitrogens is 2. The van der Waals surface area contributed by atoms with E-state index in [-0.39, 0.29) is 24.7 Å². The van der Waals surface area contributed by atoms with Gasteiger partial charge in [0.05, 0.1) is 40.9 Å². The fraction of sp³-hybridized carbons (Fsp3) is 0.217. The van der Waals surface area contributed by atoms with Crippen LogP contribution in [0.1, 0.15) is 28.3 Å². The number of methoxy groups -OCH3 is 2. The maximum Gasteiger partial charge on any atom is 0.244 e. The van der Waals surface area contributed by atoms with Gasteiger partial charge in [0.15, 0.2) is 11.5 Å². The quantitative estimate of drug-likeness (QED) is 0.498. The molecule has 3 aromatic rings. The monoisotopic (exact) mass is 486 g/mol. The molecule has 0 bridgehead atoms. The van der Waals surface area contributed by atoms with E-state index in [0.717, 1.165) is 11.1 Å². The van der Waals surface area contributed by atoms with Crippen LogP contribution in [-0.4, -0.2) is 24.4 Å². The van der Waals surface area contributed by atoms with Gasteiger partial charge < -0.3 is 24.7 Å².